The number of carbonyl (C=O) groups is 2. The van der Waals surface area contributed by atoms with E-state index in [0.29, 0.717) is 11.5 Å². The Labute approximate surface area is 227 Å². The smallest absolute Gasteiger partial charge is 0.335 e. The molecule has 0 N–H and O–H groups in total. The summed E-state index contributed by atoms with van der Waals surface area (Å²) in [5.41, 5.74) is 3.31. The highest BCUT2D eigenvalue weighted by atomic mass is 16.5. The van der Waals surface area contributed by atoms with E-state index in [9.17, 15) is 9.59 Å². The predicted molar refractivity (Wildman–Crippen MR) is 154 cm³/mol. The standard InChI is InChI=1S/C35H26O4/c1-3-33(36)38-29-21-17-27(18-22-29)35(26-13-6-5-7-14-26,28-19-23-30(24-20-28)39-34(37)4-2)32-16-10-12-25-11-8-9-15-31(25)32/h3-24H,1-2H2. The molecule has 0 amide bonds. The van der Waals surface area contributed by atoms with Crippen LogP contribution in [-0.4, -0.2) is 11.9 Å². The number of carbonyl (C=O) groups excluding carboxylic acids is 2. The van der Waals surface area contributed by atoms with Crippen LogP contribution in [0.5, 0.6) is 11.5 Å². The van der Waals surface area contributed by atoms with E-state index in [4.69, 9.17) is 9.47 Å². The highest BCUT2D eigenvalue weighted by Crippen LogP contribution is 2.48. The summed E-state index contributed by atoms with van der Waals surface area (Å²) in [6.07, 6.45) is 2.28. The van der Waals surface area contributed by atoms with Gasteiger partial charge in [-0.15, -0.1) is 0 Å². The normalized spacial score (nSPS) is 11.0. The van der Waals surface area contributed by atoms with E-state index in [2.05, 4.69) is 55.6 Å². The first-order chi connectivity index (χ1) is 19.1. The second-order valence-corrected chi connectivity index (χ2v) is 8.94. The van der Waals surface area contributed by atoms with E-state index < -0.39 is 17.4 Å². The molecule has 4 heteroatoms. The Morgan fingerprint density at radius 1 is 0.538 bits per heavy atom. The molecule has 0 fully saturated rings. The van der Waals surface area contributed by atoms with Crippen molar-refractivity contribution in [3.8, 4) is 11.5 Å². The highest BCUT2D eigenvalue weighted by molar-refractivity contribution is 5.89. The molecule has 4 nitrogen and oxygen atoms in total. The van der Waals surface area contributed by atoms with Gasteiger partial charge in [-0.05, 0) is 57.3 Å². The third kappa shape index (κ3) is 4.88. The summed E-state index contributed by atoms with van der Waals surface area (Å²) in [4.78, 5) is 23.6. The summed E-state index contributed by atoms with van der Waals surface area (Å²) >= 11 is 0. The number of rotatable bonds is 8. The summed E-state index contributed by atoms with van der Waals surface area (Å²) in [5.74, 6) is -0.183. The van der Waals surface area contributed by atoms with E-state index in [1.54, 1.807) is 24.3 Å². The molecule has 0 saturated heterocycles. The average Bonchev–Trinajstić information content (AvgIpc) is 2.99. The average molecular weight is 511 g/mol. The minimum absolute atomic E-state index is 0.426. The van der Waals surface area contributed by atoms with Crippen LogP contribution in [0.2, 0.25) is 0 Å². The molecule has 5 aromatic carbocycles. The molecule has 0 spiro atoms. The summed E-state index contributed by atoms with van der Waals surface area (Å²) in [7, 11) is 0. The van der Waals surface area contributed by atoms with Gasteiger partial charge >= 0.3 is 11.9 Å². The summed E-state index contributed by atoms with van der Waals surface area (Å²) in [6.45, 7) is 6.96. The Balaban J connectivity index is 1.81. The number of esters is 2. The maximum Gasteiger partial charge on any atom is 0.335 e. The number of ether oxygens (including phenoxy) is 2. The first kappa shape index (κ1) is 25.4. The van der Waals surface area contributed by atoms with Crippen molar-refractivity contribution in [3.05, 3.63) is 169 Å². The summed E-state index contributed by atoms with van der Waals surface area (Å²) < 4.78 is 10.7. The molecule has 0 aliphatic carbocycles. The van der Waals surface area contributed by atoms with E-state index in [1.807, 2.05) is 54.6 Å². The third-order valence-electron chi connectivity index (χ3n) is 6.75. The Morgan fingerprint density at radius 2 is 1.00 bits per heavy atom. The Kier molecular flexibility index (Phi) is 7.19. The van der Waals surface area contributed by atoms with Crippen LogP contribution in [0.25, 0.3) is 10.8 Å². The molecule has 5 aromatic rings. The molecular weight excluding hydrogens is 484 g/mol. The van der Waals surface area contributed by atoms with Gasteiger partial charge in [-0.1, -0.05) is 110 Å². The van der Waals surface area contributed by atoms with Gasteiger partial charge in [-0.2, -0.15) is 0 Å². The lowest BCUT2D eigenvalue weighted by Gasteiger charge is -2.37. The number of hydrogen-bond donors (Lipinski definition) is 0. The van der Waals surface area contributed by atoms with Crippen LogP contribution in [0, 0.1) is 0 Å². The van der Waals surface area contributed by atoms with Crippen LogP contribution < -0.4 is 9.47 Å². The molecule has 190 valence electrons. The van der Waals surface area contributed by atoms with Crippen LogP contribution in [-0.2, 0) is 15.0 Å². The third-order valence-corrected chi connectivity index (χ3v) is 6.75. The molecule has 0 heterocycles. The topological polar surface area (TPSA) is 52.6 Å². The highest BCUT2D eigenvalue weighted by Gasteiger charge is 2.39. The molecule has 0 aromatic heterocycles. The van der Waals surface area contributed by atoms with Gasteiger partial charge in [-0.3, -0.25) is 0 Å². The fourth-order valence-electron chi connectivity index (χ4n) is 5.07. The zero-order valence-corrected chi connectivity index (χ0v) is 21.2. The number of hydrogen-bond acceptors (Lipinski definition) is 4. The Bertz CT molecular complexity index is 1580. The molecule has 0 unspecified atom stereocenters. The van der Waals surface area contributed by atoms with Crippen LogP contribution in [0.4, 0.5) is 0 Å². The first-order valence-corrected chi connectivity index (χ1v) is 12.5. The van der Waals surface area contributed by atoms with Crippen molar-refractivity contribution in [3.63, 3.8) is 0 Å². The predicted octanol–water partition coefficient (Wildman–Crippen LogP) is 7.41. The second-order valence-electron chi connectivity index (χ2n) is 8.94. The fraction of sp³-hybridized carbons (Fsp3) is 0.0286. The lowest BCUT2D eigenvalue weighted by molar-refractivity contribution is -0.129. The second kappa shape index (κ2) is 11.0. The molecule has 0 radical (unpaired) electrons. The summed E-state index contributed by atoms with van der Waals surface area (Å²) in [5, 5.41) is 2.22. The van der Waals surface area contributed by atoms with Crippen LogP contribution in [0.15, 0.2) is 147 Å². The molecule has 0 atom stereocenters. The zero-order chi connectivity index (χ0) is 27.2. The van der Waals surface area contributed by atoms with E-state index in [1.165, 1.54) is 0 Å². The van der Waals surface area contributed by atoms with Crippen molar-refractivity contribution in [2.75, 3.05) is 0 Å². The lowest BCUT2D eigenvalue weighted by Crippen LogP contribution is -2.31. The van der Waals surface area contributed by atoms with Gasteiger partial charge in [0.15, 0.2) is 0 Å². The molecule has 5 rings (SSSR count). The summed E-state index contributed by atoms with van der Waals surface area (Å²) in [6, 6.07) is 39.9. The minimum atomic E-state index is -0.760. The van der Waals surface area contributed by atoms with Crippen molar-refractivity contribution in [2.45, 2.75) is 5.41 Å². The Morgan fingerprint density at radius 3 is 1.54 bits per heavy atom. The van der Waals surface area contributed by atoms with Gasteiger partial charge in [0.2, 0.25) is 0 Å². The first-order valence-electron chi connectivity index (χ1n) is 12.5. The van der Waals surface area contributed by atoms with Gasteiger partial charge in [0.25, 0.3) is 0 Å². The van der Waals surface area contributed by atoms with Crippen molar-refractivity contribution in [1.82, 2.24) is 0 Å². The maximum absolute atomic E-state index is 11.8. The quantitative estimate of drug-likeness (QED) is 0.0944. The monoisotopic (exact) mass is 510 g/mol. The molecule has 39 heavy (non-hydrogen) atoms. The SMILES string of the molecule is C=CC(=O)Oc1ccc(C(c2ccccc2)(c2ccc(OC(=O)C=C)cc2)c2cccc3ccccc23)cc1. The molecule has 0 bridgehead atoms. The van der Waals surface area contributed by atoms with Gasteiger partial charge < -0.3 is 9.47 Å². The van der Waals surface area contributed by atoms with E-state index >= 15 is 0 Å². The molecule has 0 aliphatic rings. The largest absolute Gasteiger partial charge is 0.423 e. The zero-order valence-electron chi connectivity index (χ0n) is 21.2. The van der Waals surface area contributed by atoms with Gasteiger partial charge in [0.05, 0.1) is 5.41 Å². The van der Waals surface area contributed by atoms with Crippen LogP contribution in [0.1, 0.15) is 22.3 Å². The van der Waals surface area contributed by atoms with Gasteiger partial charge in [0.1, 0.15) is 11.5 Å². The molecule has 0 saturated carbocycles. The lowest BCUT2D eigenvalue weighted by atomic mass is 9.64. The molecule has 0 aliphatic heterocycles. The fourth-order valence-corrected chi connectivity index (χ4v) is 5.07. The van der Waals surface area contributed by atoms with Gasteiger partial charge in [0, 0.05) is 12.2 Å². The van der Waals surface area contributed by atoms with Crippen molar-refractivity contribution in [1.29, 1.82) is 0 Å². The van der Waals surface area contributed by atoms with Gasteiger partial charge in [-0.25, -0.2) is 9.59 Å². The van der Waals surface area contributed by atoms with Crippen molar-refractivity contribution >= 4 is 22.7 Å². The maximum atomic E-state index is 11.8. The molecular formula is C35H26O4. The van der Waals surface area contributed by atoms with E-state index in [0.717, 1.165) is 45.2 Å². The van der Waals surface area contributed by atoms with Crippen molar-refractivity contribution < 1.29 is 19.1 Å². The minimum Gasteiger partial charge on any atom is -0.423 e. The Hall–Kier alpha value is -5.22. The number of fused-ring (bicyclic) bond motifs is 1. The number of benzene rings is 5. The van der Waals surface area contributed by atoms with E-state index in [-0.39, 0.29) is 0 Å². The van der Waals surface area contributed by atoms with Crippen molar-refractivity contribution in [2.24, 2.45) is 0 Å². The van der Waals surface area contributed by atoms with Crippen LogP contribution >= 0.6 is 0 Å². The van der Waals surface area contributed by atoms with Crippen LogP contribution in [0.3, 0.4) is 0 Å².